The number of para-hydroxylation sites is 1. The van der Waals surface area contributed by atoms with Crippen molar-refractivity contribution < 1.29 is 24.0 Å². The van der Waals surface area contributed by atoms with Crippen molar-refractivity contribution in [1.82, 2.24) is 34.8 Å². The van der Waals surface area contributed by atoms with Gasteiger partial charge in [-0.2, -0.15) is 5.10 Å². The number of carboxylic acids is 1. The van der Waals surface area contributed by atoms with Crippen molar-refractivity contribution in [3.63, 3.8) is 0 Å². The maximum atomic E-state index is 13.0. The molecule has 0 aliphatic carbocycles. The summed E-state index contributed by atoms with van der Waals surface area (Å²) in [7, 11) is 1.87. The van der Waals surface area contributed by atoms with Crippen LogP contribution in [0.1, 0.15) is 28.0 Å². The molecule has 5 heterocycles. The van der Waals surface area contributed by atoms with Crippen LogP contribution in [0.25, 0.3) is 22.2 Å². The fourth-order valence-electron chi connectivity index (χ4n) is 5.00. The lowest BCUT2D eigenvalue weighted by atomic mass is 10.1. The van der Waals surface area contributed by atoms with Gasteiger partial charge in [-0.15, -0.1) is 0 Å². The van der Waals surface area contributed by atoms with Gasteiger partial charge in [-0.1, -0.05) is 17.3 Å². The van der Waals surface area contributed by atoms with Gasteiger partial charge in [0.25, 0.3) is 0 Å². The van der Waals surface area contributed by atoms with Gasteiger partial charge >= 0.3 is 11.9 Å². The summed E-state index contributed by atoms with van der Waals surface area (Å²) in [6, 6.07) is 7.63. The number of rotatable bonds is 9. The first-order valence-electron chi connectivity index (χ1n) is 13.3. The fourth-order valence-corrected chi connectivity index (χ4v) is 5.00. The number of H-pyrrole nitrogens is 1. The standard InChI is InChI=1S/C28H29N9O5/c1-15-10-30-28(33-22-9-16(2)36(3)35-22)34-24(15)19-11-29-25-18(19)5-4-6-21(25)32-23(38)14-37-8-7-17(13-37)41-27-20(26(39)40)12-31-42-27/h4-6,9-12,17,29H,7-8,13-14H2,1-3H3,(H,32,38)(H,39,40)(H,30,33,34,35). The van der Waals surface area contributed by atoms with Gasteiger partial charge in [-0.3, -0.25) is 14.4 Å². The lowest BCUT2D eigenvalue weighted by Gasteiger charge is -2.16. The van der Waals surface area contributed by atoms with E-state index in [-0.39, 0.29) is 30.1 Å². The Labute approximate surface area is 239 Å². The number of benzene rings is 1. The van der Waals surface area contributed by atoms with Crippen LogP contribution in [0, 0.1) is 13.8 Å². The average Bonchev–Trinajstić information content (AvgIpc) is 3.74. The van der Waals surface area contributed by atoms with Gasteiger partial charge in [-0.05, 0) is 31.9 Å². The quantitative estimate of drug-likeness (QED) is 0.204. The Balaban J connectivity index is 1.14. The van der Waals surface area contributed by atoms with Crippen LogP contribution in [0.2, 0.25) is 0 Å². The van der Waals surface area contributed by atoms with Gasteiger partial charge in [0.1, 0.15) is 6.10 Å². The normalized spacial score (nSPS) is 15.3. The highest BCUT2D eigenvalue weighted by Crippen LogP contribution is 2.33. The Morgan fingerprint density at radius 3 is 2.90 bits per heavy atom. The van der Waals surface area contributed by atoms with Crippen molar-refractivity contribution in [2.24, 2.45) is 7.05 Å². The van der Waals surface area contributed by atoms with Crippen LogP contribution in [0.3, 0.4) is 0 Å². The number of aromatic amines is 1. The first-order valence-corrected chi connectivity index (χ1v) is 13.3. The van der Waals surface area contributed by atoms with Gasteiger partial charge < -0.3 is 30.0 Å². The van der Waals surface area contributed by atoms with Crippen molar-refractivity contribution >= 4 is 40.2 Å². The minimum atomic E-state index is -1.17. The number of nitrogens with zero attached hydrogens (tertiary/aromatic N) is 6. The van der Waals surface area contributed by atoms with Crippen LogP contribution in [0.5, 0.6) is 5.95 Å². The van der Waals surface area contributed by atoms with E-state index < -0.39 is 5.97 Å². The molecule has 0 spiro atoms. The van der Waals surface area contributed by atoms with E-state index in [4.69, 9.17) is 14.2 Å². The molecule has 1 saturated heterocycles. The maximum Gasteiger partial charge on any atom is 0.344 e. The molecule has 4 N–H and O–H groups in total. The predicted octanol–water partition coefficient (Wildman–Crippen LogP) is 3.50. The van der Waals surface area contributed by atoms with E-state index in [1.807, 2.05) is 56.3 Å². The third kappa shape index (κ3) is 5.39. The largest absolute Gasteiger partial charge is 0.477 e. The summed E-state index contributed by atoms with van der Waals surface area (Å²) in [6.45, 7) is 5.14. The summed E-state index contributed by atoms with van der Waals surface area (Å²) in [5, 5.41) is 24.2. The average molecular weight is 572 g/mol. The number of carboxylic acid groups (broad SMARTS) is 1. The van der Waals surface area contributed by atoms with E-state index in [0.717, 1.165) is 39.6 Å². The van der Waals surface area contributed by atoms with Crippen molar-refractivity contribution in [2.45, 2.75) is 26.4 Å². The summed E-state index contributed by atoms with van der Waals surface area (Å²) in [4.78, 5) is 38.7. The molecule has 42 heavy (non-hydrogen) atoms. The first-order chi connectivity index (χ1) is 20.2. The topological polar surface area (TPSA) is 176 Å². The molecule has 1 aliphatic heterocycles. The van der Waals surface area contributed by atoms with Crippen LogP contribution in [-0.4, -0.2) is 77.5 Å². The molecule has 0 saturated carbocycles. The summed E-state index contributed by atoms with van der Waals surface area (Å²) < 4.78 is 12.4. The Bertz CT molecular complexity index is 1770. The number of aryl methyl sites for hydroxylation is 3. The van der Waals surface area contributed by atoms with E-state index in [1.165, 1.54) is 0 Å². The van der Waals surface area contributed by atoms with E-state index in [1.54, 1.807) is 10.9 Å². The molecule has 4 aromatic heterocycles. The molecule has 1 aliphatic rings. The molecule has 5 aromatic rings. The van der Waals surface area contributed by atoms with Crippen molar-refractivity contribution in [3.05, 3.63) is 59.7 Å². The molecule has 1 unspecified atom stereocenters. The molecule has 14 nitrogen and oxygen atoms in total. The van der Waals surface area contributed by atoms with Crippen molar-refractivity contribution in [2.75, 3.05) is 30.3 Å². The number of carbonyl (C=O) groups excluding carboxylic acids is 1. The Morgan fingerprint density at radius 2 is 2.12 bits per heavy atom. The zero-order chi connectivity index (χ0) is 29.4. The molecule has 6 rings (SSSR count). The number of fused-ring (bicyclic) bond motifs is 1. The molecule has 1 amide bonds. The first kappa shape index (κ1) is 27.0. The zero-order valence-corrected chi connectivity index (χ0v) is 23.2. The summed E-state index contributed by atoms with van der Waals surface area (Å²) >= 11 is 0. The van der Waals surface area contributed by atoms with Gasteiger partial charge in [0, 0.05) is 55.2 Å². The minimum absolute atomic E-state index is 0.123. The minimum Gasteiger partial charge on any atom is -0.477 e. The highest BCUT2D eigenvalue weighted by atomic mass is 16.6. The second kappa shape index (κ2) is 11.0. The number of likely N-dealkylation sites (tertiary alicyclic amines) is 1. The monoisotopic (exact) mass is 571 g/mol. The number of ether oxygens (including phenoxy) is 1. The lowest BCUT2D eigenvalue weighted by Crippen LogP contribution is -2.33. The van der Waals surface area contributed by atoms with Crippen LogP contribution in [0.4, 0.5) is 17.5 Å². The number of carbonyl (C=O) groups is 2. The van der Waals surface area contributed by atoms with E-state index >= 15 is 0 Å². The molecule has 1 aromatic carbocycles. The summed E-state index contributed by atoms with van der Waals surface area (Å²) in [6.07, 6.45) is 5.06. The summed E-state index contributed by atoms with van der Waals surface area (Å²) in [5.74, 6) is -0.383. The number of nitrogens with one attached hydrogen (secondary N) is 3. The number of anilines is 3. The number of hydrogen-bond donors (Lipinski definition) is 4. The number of aromatic carboxylic acids is 1. The van der Waals surface area contributed by atoms with E-state index in [9.17, 15) is 14.7 Å². The smallest absolute Gasteiger partial charge is 0.344 e. The molecular weight excluding hydrogens is 542 g/mol. The molecule has 14 heteroatoms. The third-order valence-electron chi connectivity index (χ3n) is 7.21. The molecule has 216 valence electrons. The van der Waals surface area contributed by atoms with Crippen LogP contribution in [-0.2, 0) is 11.8 Å². The lowest BCUT2D eigenvalue weighted by molar-refractivity contribution is -0.117. The third-order valence-corrected chi connectivity index (χ3v) is 7.21. The van der Waals surface area contributed by atoms with Crippen LogP contribution >= 0.6 is 0 Å². The van der Waals surface area contributed by atoms with Gasteiger partial charge in [0.05, 0.1) is 29.6 Å². The number of aromatic nitrogens is 6. The maximum absolute atomic E-state index is 13.0. The van der Waals surface area contributed by atoms with Gasteiger partial charge in [0.15, 0.2) is 11.4 Å². The number of amides is 1. The fraction of sp³-hybridized carbons (Fsp3) is 0.286. The van der Waals surface area contributed by atoms with E-state index in [2.05, 4.69) is 30.9 Å². The second-order valence-electron chi connectivity index (χ2n) is 10.2. The number of hydrogen-bond acceptors (Lipinski definition) is 10. The van der Waals surface area contributed by atoms with Crippen molar-refractivity contribution in [3.8, 4) is 17.2 Å². The molecule has 1 atom stereocenters. The molecule has 0 radical (unpaired) electrons. The molecule has 0 bridgehead atoms. The molecular formula is C28H29N9O5. The Hall–Kier alpha value is -5.24. The predicted molar refractivity (Wildman–Crippen MR) is 153 cm³/mol. The van der Waals surface area contributed by atoms with Crippen LogP contribution < -0.4 is 15.4 Å². The highest BCUT2D eigenvalue weighted by molar-refractivity contribution is 6.06. The van der Waals surface area contributed by atoms with Gasteiger partial charge in [-0.25, -0.2) is 14.8 Å². The molecule has 1 fully saturated rings. The second-order valence-corrected chi connectivity index (χ2v) is 10.2. The van der Waals surface area contributed by atoms with Gasteiger partial charge in [0.2, 0.25) is 11.9 Å². The SMILES string of the molecule is Cc1cnc(Nc2cc(C)n(C)n2)nc1-c1c[nH]c2c(NC(=O)CN3CCC(Oc4oncc4C(=O)O)C3)cccc12. The Morgan fingerprint density at radius 1 is 1.26 bits per heavy atom. The summed E-state index contributed by atoms with van der Waals surface area (Å²) in [5.41, 5.74) is 4.86. The Kier molecular flexibility index (Phi) is 7.04. The highest BCUT2D eigenvalue weighted by Gasteiger charge is 2.29. The van der Waals surface area contributed by atoms with E-state index in [0.29, 0.717) is 37.0 Å². The van der Waals surface area contributed by atoms with Crippen LogP contribution in [0.15, 0.2) is 47.4 Å². The zero-order valence-electron chi connectivity index (χ0n) is 23.2. The van der Waals surface area contributed by atoms with Crippen molar-refractivity contribution in [1.29, 1.82) is 0 Å².